The smallest absolute Gasteiger partial charge is 0.203 e. The summed E-state index contributed by atoms with van der Waals surface area (Å²) < 4.78 is 23.9. The van der Waals surface area contributed by atoms with E-state index in [-0.39, 0.29) is 11.6 Å². The van der Waals surface area contributed by atoms with E-state index in [1.807, 2.05) is 30.3 Å². The lowest BCUT2D eigenvalue weighted by molar-refractivity contribution is -0.212. The quantitative estimate of drug-likeness (QED) is 0.747. The van der Waals surface area contributed by atoms with Crippen molar-refractivity contribution < 1.29 is 18.9 Å². The highest BCUT2D eigenvalue weighted by atomic mass is 16.6. The van der Waals surface area contributed by atoms with E-state index in [1.54, 1.807) is 14.2 Å². The first-order valence-corrected chi connectivity index (χ1v) is 10.5. The van der Waals surface area contributed by atoms with Crippen molar-refractivity contribution >= 4 is 5.71 Å². The topological polar surface area (TPSA) is 52.5 Å². The van der Waals surface area contributed by atoms with Crippen LogP contribution in [0.3, 0.4) is 0 Å². The lowest BCUT2D eigenvalue weighted by Gasteiger charge is -2.52. The third-order valence-corrected chi connectivity index (χ3v) is 6.30. The zero-order valence-electron chi connectivity index (χ0n) is 18.0. The van der Waals surface area contributed by atoms with Crippen LogP contribution in [0.15, 0.2) is 47.6 Å². The van der Waals surface area contributed by atoms with E-state index in [9.17, 15) is 0 Å². The van der Waals surface area contributed by atoms with Crippen LogP contribution in [0, 0.1) is 0 Å². The number of para-hydroxylation sites is 1. The summed E-state index contributed by atoms with van der Waals surface area (Å²) in [6.45, 7) is 4.87. The molecule has 0 unspecified atom stereocenters. The summed E-state index contributed by atoms with van der Waals surface area (Å²) in [5.41, 5.74) is 2.38. The van der Waals surface area contributed by atoms with Crippen molar-refractivity contribution in [3.05, 3.63) is 53.6 Å². The molecule has 2 atom stereocenters. The number of rotatable bonds is 3. The van der Waals surface area contributed by atoms with Crippen LogP contribution in [0.25, 0.3) is 0 Å². The zero-order valence-corrected chi connectivity index (χ0v) is 18.0. The third kappa shape index (κ3) is 3.01. The second-order valence-corrected chi connectivity index (χ2v) is 8.80. The van der Waals surface area contributed by atoms with Gasteiger partial charge in [-0.05, 0) is 32.0 Å². The number of nitrogens with zero attached hydrogens (tertiary/aromatic N) is 2. The maximum atomic E-state index is 6.75. The molecular formula is C24H28N2O4. The summed E-state index contributed by atoms with van der Waals surface area (Å²) in [5, 5.41) is 7.31. The average molecular weight is 408 g/mol. The van der Waals surface area contributed by atoms with Gasteiger partial charge in [0.25, 0.3) is 0 Å². The molecule has 2 aromatic carbocycles. The molecule has 3 heterocycles. The molecule has 1 fully saturated rings. The van der Waals surface area contributed by atoms with Gasteiger partial charge in [-0.1, -0.05) is 24.3 Å². The van der Waals surface area contributed by atoms with Gasteiger partial charge in [0, 0.05) is 30.4 Å². The zero-order chi connectivity index (χ0) is 20.9. The van der Waals surface area contributed by atoms with Gasteiger partial charge in [0.05, 0.1) is 38.2 Å². The van der Waals surface area contributed by atoms with E-state index in [0.717, 1.165) is 53.3 Å². The lowest BCUT2D eigenvalue weighted by Crippen LogP contribution is -2.60. The van der Waals surface area contributed by atoms with Gasteiger partial charge in [-0.15, -0.1) is 0 Å². The Morgan fingerprint density at radius 2 is 1.93 bits per heavy atom. The van der Waals surface area contributed by atoms with Crippen LogP contribution in [0.5, 0.6) is 17.2 Å². The van der Waals surface area contributed by atoms with Gasteiger partial charge in [0.15, 0.2) is 11.5 Å². The molecule has 3 aliphatic rings. The van der Waals surface area contributed by atoms with E-state index < -0.39 is 5.72 Å². The molecule has 0 radical (unpaired) electrons. The van der Waals surface area contributed by atoms with Gasteiger partial charge in [-0.2, -0.15) is 5.10 Å². The van der Waals surface area contributed by atoms with E-state index in [4.69, 9.17) is 24.0 Å². The molecule has 30 heavy (non-hydrogen) atoms. The van der Waals surface area contributed by atoms with E-state index >= 15 is 0 Å². The Morgan fingerprint density at radius 3 is 2.70 bits per heavy atom. The van der Waals surface area contributed by atoms with Gasteiger partial charge >= 0.3 is 0 Å². The molecule has 0 amide bonds. The molecule has 6 nitrogen and oxygen atoms in total. The largest absolute Gasteiger partial charge is 0.497 e. The van der Waals surface area contributed by atoms with E-state index in [1.165, 1.54) is 0 Å². The Kier molecular flexibility index (Phi) is 4.43. The molecule has 0 saturated carbocycles. The first kappa shape index (κ1) is 19.2. The molecule has 0 bridgehead atoms. The normalized spacial score (nSPS) is 26.5. The summed E-state index contributed by atoms with van der Waals surface area (Å²) in [4.78, 5) is 0. The number of ether oxygens (including phenoxy) is 4. The summed E-state index contributed by atoms with van der Waals surface area (Å²) in [5.74, 6) is 2.44. The van der Waals surface area contributed by atoms with Crippen molar-refractivity contribution in [3.8, 4) is 17.2 Å². The Labute approximate surface area is 177 Å². The van der Waals surface area contributed by atoms with Crippen molar-refractivity contribution in [1.82, 2.24) is 5.01 Å². The minimum atomic E-state index is -0.561. The minimum Gasteiger partial charge on any atom is -0.497 e. The second kappa shape index (κ2) is 6.91. The van der Waals surface area contributed by atoms with Crippen LogP contribution in [0.2, 0.25) is 0 Å². The molecule has 5 rings (SSSR count). The Hall–Kier alpha value is -2.73. The molecule has 0 aromatic heterocycles. The minimum absolute atomic E-state index is 0.0963. The van der Waals surface area contributed by atoms with Crippen LogP contribution in [0.1, 0.15) is 50.3 Å². The average Bonchev–Trinajstić information content (AvgIpc) is 3.20. The van der Waals surface area contributed by atoms with Crippen molar-refractivity contribution in [3.63, 3.8) is 0 Å². The highest BCUT2D eigenvalue weighted by Crippen LogP contribution is 2.54. The van der Waals surface area contributed by atoms with Crippen molar-refractivity contribution in [2.24, 2.45) is 5.10 Å². The fourth-order valence-corrected chi connectivity index (χ4v) is 4.98. The van der Waals surface area contributed by atoms with Gasteiger partial charge < -0.3 is 18.9 Å². The Bertz CT molecular complexity index is 1000. The van der Waals surface area contributed by atoms with Crippen molar-refractivity contribution in [1.29, 1.82) is 0 Å². The van der Waals surface area contributed by atoms with Gasteiger partial charge in [-0.25, -0.2) is 5.01 Å². The lowest BCUT2D eigenvalue weighted by atomic mass is 9.86. The van der Waals surface area contributed by atoms with E-state index in [2.05, 4.69) is 31.0 Å². The molecule has 0 N–H and O–H groups in total. The number of benzene rings is 2. The standard InChI is InChI=1S/C24H28N2O4/c1-23(2)15-24(11-12-29-23)26-20(18-9-6-10-21(28-4)22(18)30-24)14-19(25-26)16-7-5-8-17(13-16)27-3/h5-10,13,20H,11-12,14-15H2,1-4H3/t20-,24+/m0/s1. The molecule has 1 spiro atoms. The third-order valence-electron chi connectivity index (χ3n) is 6.30. The van der Waals surface area contributed by atoms with Crippen molar-refractivity contribution in [2.45, 2.75) is 50.5 Å². The highest BCUT2D eigenvalue weighted by molar-refractivity contribution is 6.02. The van der Waals surface area contributed by atoms with Crippen LogP contribution >= 0.6 is 0 Å². The summed E-state index contributed by atoms with van der Waals surface area (Å²) >= 11 is 0. The van der Waals surface area contributed by atoms with Crippen molar-refractivity contribution in [2.75, 3.05) is 20.8 Å². The van der Waals surface area contributed by atoms with Gasteiger partial charge in [0.2, 0.25) is 5.72 Å². The summed E-state index contributed by atoms with van der Waals surface area (Å²) in [6, 6.07) is 14.3. The first-order chi connectivity index (χ1) is 14.4. The first-order valence-electron chi connectivity index (χ1n) is 10.5. The predicted molar refractivity (Wildman–Crippen MR) is 114 cm³/mol. The summed E-state index contributed by atoms with van der Waals surface area (Å²) in [6.07, 6.45) is 2.28. The van der Waals surface area contributed by atoms with E-state index in [0.29, 0.717) is 6.61 Å². The highest BCUT2D eigenvalue weighted by Gasteiger charge is 2.55. The predicted octanol–water partition coefficient (Wildman–Crippen LogP) is 4.53. The van der Waals surface area contributed by atoms with Crippen LogP contribution in [-0.4, -0.2) is 42.9 Å². The molecule has 6 heteroatoms. The molecule has 158 valence electrons. The van der Waals surface area contributed by atoms with Gasteiger partial charge in [-0.3, -0.25) is 0 Å². The Morgan fingerprint density at radius 1 is 1.10 bits per heavy atom. The van der Waals surface area contributed by atoms with Crippen LogP contribution in [-0.2, 0) is 4.74 Å². The van der Waals surface area contributed by atoms with Crippen LogP contribution in [0.4, 0.5) is 0 Å². The van der Waals surface area contributed by atoms with Gasteiger partial charge in [0.1, 0.15) is 5.75 Å². The number of hydrogen-bond acceptors (Lipinski definition) is 6. The molecule has 2 aromatic rings. The molecule has 1 saturated heterocycles. The molecular weight excluding hydrogens is 380 g/mol. The fraction of sp³-hybridized carbons (Fsp3) is 0.458. The maximum Gasteiger partial charge on any atom is 0.203 e. The Balaban J connectivity index is 1.62. The molecule has 0 aliphatic carbocycles. The maximum absolute atomic E-state index is 6.75. The number of hydrogen-bond donors (Lipinski definition) is 0. The second-order valence-electron chi connectivity index (χ2n) is 8.80. The SMILES string of the molecule is COc1cccc(C2=NN3[C@@H](C2)c2cccc(OC)c2O[C@@]32CCOC(C)(C)C2)c1. The fourth-order valence-electron chi connectivity index (χ4n) is 4.98. The summed E-state index contributed by atoms with van der Waals surface area (Å²) in [7, 11) is 3.38. The monoisotopic (exact) mass is 408 g/mol. The number of hydrazone groups is 1. The number of methoxy groups -OCH3 is 2. The molecule has 3 aliphatic heterocycles. The number of fused-ring (bicyclic) bond motifs is 4. The van der Waals surface area contributed by atoms with Crippen LogP contribution < -0.4 is 14.2 Å².